The molecule has 4 aromatic rings. The number of nitrogens with zero attached hydrogens (tertiary/aromatic N) is 2. The number of benzene rings is 4. The largest absolute Gasteiger partial charge is 0.633 e. The Morgan fingerprint density at radius 3 is 2.12 bits per heavy atom. The maximum Gasteiger partial charge on any atom is 0.211 e. The van der Waals surface area contributed by atoms with E-state index in [9.17, 15) is 5.21 Å². The summed E-state index contributed by atoms with van der Waals surface area (Å²) >= 11 is 0. The maximum absolute atomic E-state index is 14.1. The summed E-state index contributed by atoms with van der Waals surface area (Å²) in [5.74, 6) is 5.03. The molecule has 49 heavy (non-hydrogen) atoms. The van der Waals surface area contributed by atoms with Crippen molar-refractivity contribution in [2.75, 3.05) is 62.7 Å². The van der Waals surface area contributed by atoms with Gasteiger partial charge in [-0.1, -0.05) is 18.2 Å². The van der Waals surface area contributed by atoms with E-state index in [4.69, 9.17) is 33.2 Å². The minimum absolute atomic E-state index is 0.134. The van der Waals surface area contributed by atoms with Gasteiger partial charge >= 0.3 is 0 Å². The fourth-order valence-corrected chi connectivity index (χ4v) is 7.69. The Morgan fingerprint density at radius 1 is 0.714 bits per heavy atom. The molecule has 8 rings (SSSR count). The fraction of sp³-hybridized carbons (Fsp3) is 0.385. The van der Waals surface area contributed by atoms with Crippen molar-refractivity contribution in [1.29, 1.82) is 0 Å². The molecule has 0 N–H and O–H groups in total. The third kappa shape index (κ3) is 5.77. The Morgan fingerprint density at radius 2 is 1.43 bits per heavy atom. The normalized spacial score (nSPS) is 21.3. The smallest absolute Gasteiger partial charge is 0.211 e. The lowest BCUT2D eigenvalue weighted by atomic mass is 9.87. The lowest BCUT2D eigenvalue weighted by Crippen LogP contribution is -2.47. The van der Waals surface area contributed by atoms with E-state index in [0.29, 0.717) is 77.6 Å². The highest BCUT2D eigenvalue weighted by Gasteiger charge is 2.37. The second-order valence-electron chi connectivity index (χ2n) is 13.2. The lowest BCUT2D eigenvalue weighted by molar-refractivity contribution is -0.894. The van der Waals surface area contributed by atoms with E-state index >= 15 is 0 Å². The van der Waals surface area contributed by atoms with Gasteiger partial charge in [-0.05, 0) is 73.0 Å². The predicted molar refractivity (Wildman–Crippen MR) is 186 cm³/mol. The van der Waals surface area contributed by atoms with Gasteiger partial charge in [0.2, 0.25) is 11.5 Å². The van der Waals surface area contributed by atoms with E-state index in [2.05, 4.69) is 18.0 Å². The summed E-state index contributed by atoms with van der Waals surface area (Å²) in [7, 11) is 12.1. The highest BCUT2D eigenvalue weighted by atomic mass is 16.6. The van der Waals surface area contributed by atoms with Gasteiger partial charge < -0.3 is 43.0 Å². The molecule has 0 fully saturated rings. The average molecular weight is 669 g/mol. The molecule has 0 aromatic heterocycles. The second-order valence-corrected chi connectivity index (χ2v) is 13.2. The fourth-order valence-electron chi connectivity index (χ4n) is 7.69. The summed E-state index contributed by atoms with van der Waals surface area (Å²) in [6.07, 6.45) is 2.54. The zero-order valence-corrected chi connectivity index (χ0v) is 29.3. The first-order valence-corrected chi connectivity index (χ1v) is 16.6. The minimum atomic E-state index is -0.400. The van der Waals surface area contributed by atoms with Crippen molar-refractivity contribution in [2.45, 2.75) is 37.8 Å². The van der Waals surface area contributed by atoms with Crippen LogP contribution in [0.15, 0.2) is 54.6 Å². The van der Waals surface area contributed by atoms with Crippen LogP contribution in [0, 0.1) is 5.21 Å². The number of ether oxygens (including phenoxy) is 7. The number of hydrogen-bond acceptors (Lipinski definition) is 9. The van der Waals surface area contributed by atoms with Crippen LogP contribution in [0.25, 0.3) is 0 Å². The molecule has 4 aromatic carbocycles. The van der Waals surface area contributed by atoms with Crippen LogP contribution in [0.2, 0.25) is 0 Å². The minimum Gasteiger partial charge on any atom is -0.633 e. The first-order valence-electron chi connectivity index (χ1n) is 16.6. The van der Waals surface area contributed by atoms with E-state index in [-0.39, 0.29) is 12.1 Å². The van der Waals surface area contributed by atoms with Gasteiger partial charge in [-0.2, -0.15) is 0 Å². The van der Waals surface area contributed by atoms with Crippen molar-refractivity contribution < 1.29 is 37.8 Å². The molecule has 0 unspecified atom stereocenters. The number of methoxy groups -OCH3 is 5. The standard InChI is InChI=1S/C39H44N2O8/c1-40-16-14-25-21-34(45-5)37(47-7)39-35(25)29(40)19-26-10-13-31(43-3)38(36(26)46-6)48-27-11-8-23(9-12-27)18-30-28-22-33(49-39)32(44-4)20-24(28)15-17-41(30,2)42/h8-13,20-22,29-30H,14-19H2,1-7H3/t29-,30+,41-/m0/s1. The third-order valence-electron chi connectivity index (χ3n) is 10.4. The molecule has 0 radical (unpaired) electrons. The molecule has 6 bridgehead atoms. The zero-order valence-electron chi connectivity index (χ0n) is 29.3. The Bertz CT molecular complexity index is 1870. The van der Waals surface area contributed by atoms with Crippen LogP contribution in [0.1, 0.15) is 45.5 Å². The van der Waals surface area contributed by atoms with Crippen molar-refractivity contribution >= 4 is 0 Å². The van der Waals surface area contributed by atoms with Gasteiger partial charge in [-0.3, -0.25) is 4.90 Å². The van der Waals surface area contributed by atoms with Crippen LogP contribution < -0.4 is 33.2 Å². The van der Waals surface area contributed by atoms with Crippen molar-refractivity contribution in [3.63, 3.8) is 0 Å². The van der Waals surface area contributed by atoms with E-state index in [1.54, 1.807) is 42.6 Å². The van der Waals surface area contributed by atoms with E-state index in [1.807, 2.05) is 48.5 Å². The predicted octanol–water partition coefficient (Wildman–Crippen LogP) is 7.18. The van der Waals surface area contributed by atoms with Gasteiger partial charge in [0, 0.05) is 42.1 Å². The van der Waals surface area contributed by atoms with Crippen LogP contribution in [0.4, 0.5) is 0 Å². The van der Waals surface area contributed by atoms with Gasteiger partial charge in [0.1, 0.15) is 11.8 Å². The van der Waals surface area contributed by atoms with E-state index < -0.39 is 4.65 Å². The molecular formula is C39H44N2O8. The Balaban J connectivity index is 1.51. The summed E-state index contributed by atoms with van der Waals surface area (Å²) in [4.78, 5) is 2.32. The number of hydroxylamine groups is 3. The number of fused-ring (bicyclic) bond motifs is 2. The molecule has 0 saturated heterocycles. The summed E-state index contributed by atoms with van der Waals surface area (Å²) < 4.78 is 42.8. The molecular weight excluding hydrogens is 624 g/mol. The van der Waals surface area contributed by atoms with Gasteiger partial charge in [0.05, 0.1) is 49.1 Å². The summed E-state index contributed by atoms with van der Waals surface area (Å²) in [5.41, 5.74) is 6.10. The van der Waals surface area contributed by atoms with Crippen molar-refractivity contribution in [2.24, 2.45) is 0 Å². The molecule has 10 nitrogen and oxygen atoms in total. The van der Waals surface area contributed by atoms with Crippen LogP contribution in [-0.2, 0) is 25.7 Å². The summed E-state index contributed by atoms with van der Waals surface area (Å²) in [6.45, 7) is 1.29. The molecule has 4 heterocycles. The third-order valence-corrected chi connectivity index (χ3v) is 10.4. The number of hydrogen-bond donors (Lipinski definition) is 0. The van der Waals surface area contributed by atoms with Crippen LogP contribution >= 0.6 is 0 Å². The van der Waals surface area contributed by atoms with Crippen LogP contribution in [0.3, 0.4) is 0 Å². The molecule has 0 saturated carbocycles. The molecule has 4 aliphatic heterocycles. The number of rotatable bonds is 5. The molecule has 4 aliphatic rings. The first-order chi connectivity index (χ1) is 23.7. The molecule has 258 valence electrons. The Hall–Kier alpha value is -4.64. The summed E-state index contributed by atoms with van der Waals surface area (Å²) in [5, 5.41) is 14.1. The molecule has 0 amide bonds. The summed E-state index contributed by atoms with van der Waals surface area (Å²) in [6, 6.07) is 17.4. The Labute approximate surface area is 287 Å². The molecule has 0 spiro atoms. The number of quaternary nitrogens is 1. The number of likely N-dealkylation sites (N-methyl/N-ethyl adjacent to an activating group) is 2. The van der Waals surface area contributed by atoms with Crippen molar-refractivity contribution in [3.05, 3.63) is 93.2 Å². The van der Waals surface area contributed by atoms with Crippen LogP contribution in [-0.4, -0.2) is 72.3 Å². The quantitative estimate of drug-likeness (QED) is 0.162. The highest BCUT2D eigenvalue weighted by molar-refractivity contribution is 5.64. The molecule has 0 aliphatic carbocycles. The monoisotopic (exact) mass is 668 g/mol. The SMILES string of the molecule is COc1cc2c3cc1Oc1c(OC)c(OC)cc4c1[C@H](Cc1ccc(OC)c(c1OC)Oc1ccc(cc1)C[C@H]3[N@@+](C)([O-])CC2)N(C)CC4. The average Bonchev–Trinajstić information content (AvgIpc) is 3.10. The topological polar surface area (TPSA) is 90.9 Å². The van der Waals surface area contributed by atoms with Gasteiger partial charge in [0.15, 0.2) is 34.5 Å². The molecule has 3 atom stereocenters. The first kappa shape index (κ1) is 32.9. The highest BCUT2D eigenvalue weighted by Crippen LogP contribution is 2.53. The van der Waals surface area contributed by atoms with E-state index in [1.165, 1.54) is 0 Å². The zero-order chi connectivity index (χ0) is 34.4. The molecule has 10 heteroatoms. The van der Waals surface area contributed by atoms with Crippen molar-refractivity contribution in [3.8, 4) is 51.7 Å². The van der Waals surface area contributed by atoms with Crippen LogP contribution in [0.5, 0.6) is 51.7 Å². The Kier molecular flexibility index (Phi) is 8.73. The maximum atomic E-state index is 14.1. The van der Waals surface area contributed by atoms with Gasteiger partial charge in [-0.25, -0.2) is 0 Å². The van der Waals surface area contributed by atoms with Crippen molar-refractivity contribution in [1.82, 2.24) is 4.90 Å². The van der Waals surface area contributed by atoms with Gasteiger partial charge in [-0.15, -0.1) is 0 Å². The van der Waals surface area contributed by atoms with Gasteiger partial charge in [0.25, 0.3) is 0 Å². The second kappa shape index (κ2) is 13.0. The lowest BCUT2D eigenvalue weighted by Gasteiger charge is -2.49. The van der Waals surface area contributed by atoms with E-state index in [0.717, 1.165) is 46.3 Å².